The molecule has 2 aromatic rings. The highest BCUT2D eigenvalue weighted by Gasteiger charge is 2.12. The summed E-state index contributed by atoms with van der Waals surface area (Å²) in [5.41, 5.74) is 1.07. The van der Waals surface area contributed by atoms with Crippen molar-refractivity contribution in [1.82, 2.24) is 9.80 Å². The van der Waals surface area contributed by atoms with Gasteiger partial charge < -0.3 is 14.4 Å². The van der Waals surface area contributed by atoms with Crippen LogP contribution in [-0.2, 0) is 11.3 Å². The van der Waals surface area contributed by atoms with Gasteiger partial charge in [-0.2, -0.15) is 0 Å². The van der Waals surface area contributed by atoms with Gasteiger partial charge in [-0.05, 0) is 49.0 Å². The number of hydrogen-bond acceptors (Lipinski definition) is 4. The molecule has 0 bridgehead atoms. The Kier molecular flexibility index (Phi) is 7.75. The number of benzene rings is 2. The number of ether oxygens (including phenoxy) is 2. The zero-order valence-electron chi connectivity index (χ0n) is 15.4. The maximum Gasteiger partial charge on any atom is 0.236 e. The Morgan fingerprint density at radius 3 is 2.23 bits per heavy atom. The Morgan fingerprint density at radius 2 is 1.62 bits per heavy atom. The Hall–Kier alpha value is -2.24. The third-order valence-corrected chi connectivity index (χ3v) is 4.22. The summed E-state index contributed by atoms with van der Waals surface area (Å²) in [5.74, 6) is 1.64. The third kappa shape index (κ3) is 6.58. The molecule has 0 aromatic heterocycles. The SMILES string of the molecule is COc1ccc(CN(C)C(=O)CN(C)CCOc2ccc(Cl)cc2)cc1. The number of hydrogen-bond donors (Lipinski definition) is 0. The molecule has 0 aliphatic rings. The molecule has 0 heterocycles. The van der Waals surface area contributed by atoms with E-state index in [0.717, 1.165) is 17.1 Å². The summed E-state index contributed by atoms with van der Waals surface area (Å²) in [4.78, 5) is 16.0. The number of amides is 1. The predicted molar refractivity (Wildman–Crippen MR) is 104 cm³/mol. The van der Waals surface area contributed by atoms with Gasteiger partial charge in [0, 0.05) is 25.2 Å². The Morgan fingerprint density at radius 1 is 1.00 bits per heavy atom. The minimum Gasteiger partial charge on any atom is -0.497 e. The number of carbonyl (C=O) groups excluding carboxylic acids is 1. The third-order valence-electron chi connectivity index (χ3n) is 3.97. The summed E-state index contributed by atoms with van der Waals surface area (Å²) < 4.78 is 10.8. The Labute approximate surface area is 160 Å². The van der Waals surface area contributed by atoms with Gasteiger partial charge in [-0.1, -0.05) is 23.7 Å². The number of rotatable bonds is 9. The van der Waals surface area contributed by atoms with Crippen LogP contribution >= 0.6 is 11.6 Å². The second-order valence-corrected chi connectivity index (χ2v) is 6.57. The molecule has 140 valence electrons. The average Bonchev–Trinajstić information content (AvgIpc) is 2.64. The van der Waals surface area contributed by atoms with Crippen molar-refractivity contribution in [2.24, 2.45) is 0 Å². The molecular weight excluding hydrogens is 352 g/mol. The normalized spacial score (nSPS) is 10.7. The van der Waals surface area contributed by atoms with Crippen LogP contribution < -0.4 is 9.47 Å². The average molecular weight is 377 g/mol. The number of halogens is 1. The van der Waals surface area contributed by atoms with Crippen LogP contribution in [0.1, 0.15) is 5.56 Å². The van der Waals surface area contributed by atoms with E-state index in [9.17, 15) is 4.79 Å². The fourth-order valence-electron chi connectivity index (χ4n) is 2.37. The zero-order valence-corrected chi connectivity index (χ0v) is 16.2. The molecule has 0 saturated carbocycles. The van der Waals surface area contributed by atoms with E-state index in [0.29, 0.717) is 31.3 Å². The summed E-state index contributed by atoms with van der Waals surface area (Å²) in [6.45, 7) is 2.08. The first-order chi connectivity index (χ1) is 12.5. The molecule has 1 amide bonds. The zero-order chi connectivity index (χ0) is 18.9. The van der Waals surface area contributed by atoms with Gasteiger partial charge in [-0.15, -0.1) is 0 Å². The van der Waals surface area contributed by atoms with Crippen LogP contribution in [0.25, 0.3) is 0 Å². The topological polar surface area (TPSA) is 42.0 Å². The molecule has 0 aliphatic carbocycles. The lowest BCUT2D eigenvalue weighted by atomic mass is 10.2. The van der Waals surface area contributed by atoms with E-state index in [1.807, 2.05) is 55.4 Å². The minimum absolute atomic E-state index is 0.0646. The second-order valence-electron chi connectivity index (χ2n) is 6.14. The lowest BCUT2D eigenvalue weighted by molar-refractivity contribution is -0.131. The quantitative estimate of drug-likeness (QED) is 0.673. The lowest BCUT2D eigenvalue weighted by Gasteiger charge is -2.22. The van der Waals surface area contributed by atoms with Gasteiger partial charge in [0.1, 0.15) is 18.1 Å². The van der Waals surface area contributed by atoms with Gasteiger partial charge >= 0.3 is 0 Å². The number of nitrogens with zero attached hydrogens (tertiary/aromatic N) is 2. The first-order valence-electron chi connectivity index (χ1n) is 8.41. The van der Waals surface area contributed by atoms with E-state index in [1.54, 1.807) is 24.1 Å². The smallest absolute Gasteiger partial charge is 0.236 e. The summed E-state index contributed by atoms with van der Waals surface area (Å²) in [6, 6.07) is 15.0. The van der Waals surface area contributed by atoms with Crippen LogP contribution in [0.2, 0.25) is 5.02 Å². The molecular formula is C20H25ClN2O3. The highest BCUT2D eigenvalue weighted by Crippen LogP contribution is 2.15. The van der Waals surface area contributed by atoms with Crippen molar-refractivity contribution in [3.8, 4) is 11.5 Å². The second kappa shape index (κ2) is 10.0. The molecule has 0 atom stereocenters. The molecule has 0 radical (unpaired) electrons. The predicted octanol–water partition coefficient (Wildman–Crippen LogP) is 3.32. The standard InChI is InChI=1S/C20H25ClN2O3/c1-22(12-13-26-19-10-6-17(21)7-11-19)15-20(24)23(2)14-16-4-8-18(25-3)9-5-16/h4-11H,12-15H2,1-3H3. The van der Waals surface area contributed by atoms with Gasteiger partial charge in [0.05, 0.1) is 13.7 Å². The first kappa shape index (κ1) is 20.1. The molecule has 5 nitrogen and oxygen atoms in total. The highest BCUT2D eigenvalue weighted by molar-refractivity contribution is 6.30. The number of carbonyl (C=O) groups is 1. The maximum absolute atomic E-state index is 12.4. The van der Waals surface area contributed by atoms with Crippen LogP contribution in [0.4, 0.5) is 0 Å². The van der Waals surface area contributed by atoms with Crippen LogP contribution in [0.5, 0.6) is 11.5 Å². The Bertz CT molecular complexity index is 689. The lowest BCUT2D eigenvalue weighted by Crippen LogP contribution is -2.37. The summed E-state index contributed by atoms with van der Waals surface area (Å²) in [5, 5.41) is 0.681. The fraction of sp³-hybridized carbons (Fsp3) is 0.350. The van der Waals surface area contributed by atoms with Crippen molar-refractivity contribution in [3.63, 3.8) is 0 Å². The number of likely N-dealkylation sites (N-methyl/N-ethyl adjacent to an activating group) is 2. The fourth-order valence-corrected chi connectivity index (χ4v) is 2.50. The highest BCUT2D eigenvalue weighted by atomic mass is 35.5. The van der Waals surface area contributed by atoms with E-state index in [2.05, 4.69) is 0 Å². The van der Waals surface area contributed by atoms with Crippen molar-refractivity contribution >= 4 is 17.5 Å². The van der Waals surface area contributed by atoms with Crippen LogP contribution in [0.15, 0.2) is 48.5 Å². The molecule has 0 aliphatic heterocycles. The van der Waals surface area contributed by atoms with E-state index >= 15 is 0 Å². The minimum atomic E-state index is 0.0646. The van der Waals surface area contributed by atoms with E-state index in [-0.39, 0.29) is 5.91 Å². The van der Waals surface area contributed by atoms with Crippen LogP contribution in [0, 0.1) is 0 Å². The van der Waals surface area contributed by atoms with Crippen molar-refractivity contribution in [2.45, 2.75) is 6.54 Å². The molecule has 26 heavy (non-hydrogen) atoms. The largest absolute Gasteiger partial charge is 0.497 e. The first-order valence-corrected chi connectivity index (χ1v) is 8.79. The summed E-state index contributed by atoms with van der Waals surface area (Å²) in [6.07, 6.45) is 0. The van der Waals surface area contributed by atoms with Gasteiger partial charge in [0.15, 0.2) is 0 Å². The van der Waals surface area contributed by atoms with Crippen molar-refractivity contribution in [3.05, 3.63) is 59.1 Å². The molecule has 0 spiro atoms. The van der Waals surface area contributed by atoms with Crippen LogP contribution in [0.3, 0.4) is 0 Å². The van der Waals surface area contributed by atoms with E-state index < -0.39 is 0 Å². The van der Waals surface area contributed by atoms with Crippen molar-refractivity contribution in [2.75, 3.05) is 40.9 Å². The van der Waals surface area contributed by atoms with Crippen LogP contribution in [-0.4, -0.2) is 56.6 Å². The van der Waals surface area contributed by atoms with Gasteiger partial charge in [-0.3, -0.25) is 9.69 Å². The van der Waals surface area contributed by atoms with Crippen molar-refractivity contribution in [1.29, 1.82) is 0 Å². The van der Waals surface area contributed by atoms with Gasteiger partial charge in [0.25, 0.3) is 0 Å². The molecule has 0 fully saturated rings. The maximum atomic E-state index is 12.4. The van der Waals surface area contributed by atoms with Crippen molar-refractivity contribution < 1.29 is 14.3 Å². The molecule has 0 saturated heterocycles. The van der Waals surface area contributed by atoms with E-state index in [4.69, 9.17) is 21.1 Å². The molecule has 2 rings (SSSR count). The Balaban J connectivity index is 1.71. The monoisotopic (exact) mass is 376 g/mol. The van der Waals surface area contributed by atoms with Gasteiger partial charge in [0.2, 0.25) is 5.91 Å². The molecule has 0 N–H and O–H groups in total. The van der Waals surface area contributed by atoms with E-state index in [1.165, 1.54) is 0 Å². The molecule has 6 heteroatoms. The van der Waals surface area contributed by atoms with Gasteiger partial charge in [-0.25, -0.2) is 0 Å². The number of methoxy groups -OCH3 is 1. The molecule has 0 unspecified atom stereocenters. The molecule has 2 aromatic carbocycles. The summed E-state index contributed by atoms with van der Waals surface area (Å²) >= 11 is 5.84. The summed E-state index contributed by atoms with van der Waals surface area (Å²) in [7, 11) is 5.35.